The number of thioether (sulfide) groups is 1. The van der Waals surface area contributed by atoms with E-state index >= 15 is 0 Å². The summed E-state index contributed by atoms with van der Waals surface area (Å²) in [5.74, 6) is 0.595. The molecule has 2 aromatic rings. The number of nitrogens with one attached hydrogen (secondary N) is 1. The molecule has 0 bridgehead atoms. The third kappa shape index (κ3) is 3.08. The first kappa shape index (κ1) is 14.7. The number of rotatable bonds is 4. The molecule has 0 atom stereocenters. The first-order valence-corrected chi connectivity index (χ1v) is 7.71. The monoisotopic (exact) mass is 304 g/mol. The van der Waals surface area contributed by atoms with Gasteiger partial charge in [0, 0.05) is 10.6 Å². The molecule has 0 unspecified atom stereocenters. The van der Waals surface area contributed by atoms with E-state index in [1.54, 1.807) is 11.8 Å². The van der Waals surface area contributed by atoms with Gasteiger partial charge in [0.2, 0.25) is 0 Å². The van der Waals surface area contributed by atoms with Crippen LogP contribution in [-0.2, 0) is 0 Å². The number of hydrogen-bond acceptors (Lipinski definition) is 5. The lowest BCUT2D eigenvalue weighted by atomic mass is 10.1. The fourth-order valence-electron chi connectivity index (χ4n) is 1.81. The molecule has 0 saturated carbocycles. The summed E-state index contributed by atoms with van der Waals surface area (Å²) in [7, 11) is 0. The Kier molecular flexibility index (Phi) is 4.57. The van der Waals surface area contributed by atoms with Crippen LogP contribution in [0.25, 0.3) is 0 Å². The normalized spacial score (nSPS) is 10.3. The molecule has 0 saturated heterocycles. The highest BCUT2D eigenvalue weighted by Gasteiger charge is 2.13. The van der Waals surface area contributed by atoms with Crippen LogP contribution in [-0.4, -0.2) is 21.4 Å². The van der Waals surface area contributed by atoms with Crippen LogP contribution < -0.4 is 11.1 Å². The maximum absolute atomic E-state index is 5.80. The van der Waals surface area contributed by atoms with Gasteiger partial charge in [-0.2, -0.15) is 5.10 Å². The van der Waals surface area contributed by atoms with E-state index < -0.39 is 0 Å². The molecule has 6 heteroatoms. The van der Waals surface area contributed by atoms with E-state index in [4.69, 9.17) is 18.0 Å². The van der Waals surface area contributed by atoms with Crippen molar-refractivity contribution in [2.75, 3.05) is 11.6 Å². The molecule has 4 nitrogen and oxygen atoms in total. The summed E-state index contributed by atoms with van der Waals surface area (Å²) in [4.78, 5) is 1.53. The standard InChI is InChI=1S/C14H16N4S2/c1-8-9(2)17-18-14(12(8)13(15)19)16-10-4-6-11(20-3)7-5-10/h4-7H,1-3H3,(H2,15,19)(H,16,18). The third-order valence-electron chi connectivity index (χ3n) is 3.05. The highest BCUT2D eigenvalue weighted by atomic mass is 32.2. The molecule has 0 amide bonds. The van der Waals surface area contributed by atoms with Crippen LogP contribution in [0, 0.1) is 13.8 Å². The molecular weight excluding hydrogens is 288 g/mol. The Bertz CT molecular complexity index is 638. The minimum absolute atomic E-state index is 0.323. The van der Waals surface area contributed by atoms with E-state index in [2.05, 4.69) is 15.5 Å². The highest BCUT2D eigenvalue weighted by molar-refractivity contribution is 7.98. The first-order chi connectivity index (χ1) is 9.52. The van der Waals surface area contributed by atoms with Crippen molar-refractivity contribution in [3.05, 3.63) is 41.1 Å². The fourth-order valence-corrected chi connectivity index (χ4v) is 2.47. The van der Waals surface area contributed by atoms with Crippen LogP contribution in [0.15, 0.2) is 29.2 Å². The Morgan fingerprint density at radius 2 is 1.85 bits per heavy atom. The molecule has 1 aromatic heterocycles. The van der Waals surface area contributed by atoms with E-state index in [-0.39, 0.29) is 0 Å². The highest BCUT2D eigenvalue weighted by Crippen LogP contribution is 2.24. The van der Waals surface area contributed by atoms with Crippen LogP contribution in [0.3, 0.4) is 0 Å². The van der Waals surface area contributed by atoms with Crippen molar-refractivity contribution in [3.8, 4) is 0 Å². The molecule has 1 aromatic carbocycles. The van der Waals surface area contributed by atoms with E-state index in [1.165, 1.54) is 4.90 Å². The van der Waals surface area contributed by atoms with Crippen molar-refractivity contribution in [2.45, 2.75) is 18.7 Å². The second-order valence-electron chi connectivity index (χ2n) is 4.35. The second kappa shape index (κ2) is 6.19. The lowest BCUT2D eigenvalue weighted by molar-refractivity contribution is 0.963. The van der Waals surface area contributed by atoms with Crippen LogP contribution >= 0.6 is 24.0 Å². The second-order valence-corrected chi connectivity index (χ2v) is 5.67. The van der Waals surface area contributed by atoms with Crippen molar-refractivity contribution in [3.63, 3.8) is 0 Å². The molecule has 0 fully saturated rings. The molecule has 0 radical (unpaired) electrons. The molecule has 2 rings (SSSR count). The zero-order chi connectivity index (χ0) is 14.7. The van der Waals surface area contributed by atoms with Gasteiger partial charge in [0.05, 0.1) is 11.3 Å². The van der Waals surface area contributed by atoms with Gasteiger partial charge in [0.1, 0.15) is 4.99 Å². The van der Waals surface area contributed by atoms with E-state index in [9.17, 15) is 0 Å². The lowest BCUT2D eigenvalue weighted by Crippen LogP contribution is -2.16. The predicted octanol–water partition coefficient (Wildman–Crippen LogP) is 3.19. The van der Waals surface area contributed by atoms with Gasteiger partial charge in [-0.15, -0.1) is 16.9 Å². The lowest BCUT2D eigenvalue weighted by Gasteiger charge is -2.13. The molecular formula is C14H16N4S2. The summed E-state index contributed by atoms with van der Waals surface area (Å²) in [6.45, 7) is 3.83. The van der Waals surface area contributed by atoms with Crippen molar-refractivity contribution in [1.82, 2.24) is 10.2 Å². The number of anilines is 2. The van der Waals surface area contributed by atoms with Gasteiger partial charge in [-0.05, 0) is 49.9 Å². The molecule has 0 spiro atoms. The Labute approximate surface area is 128 Å². The number of benzene rings is 1. The maximum Gasteiger partial charge on any atom is 0.163 e. The van der Waals surface area contributed by atoms with Crippen molar-refractivity contribution >= 4 is 40.5 Å². The largest absolute Gasteiger partial charge is 0.389 e. The summed E-state index contributed by atoms with van der Waals surface area (Å²) in [6, 6.07) is 8.07. The van der Waals surface area contributed by atoms with Gasteiger partial charge in [0.25, 0.3) is 0 Å². The summed E-state index contributed by atoms with van der Waals surface area (Å²) in [5.41, 5.74) is 9.27. The average molecular weight is 304 g/mol. The molecule has 104 valence electrons. The number of thiocarbonyl (C=S) groups is 1. The van der Waals surface area contributed by atoms with Gasteiger partial charge < -0.3 is 11.1 Å². The van der Waals surface area contributed by atoms with E-state index in [1.807, 2.05) is 44.4 Å². The fraction of sp³-hybridized carbons (Fsp3) is 0.214. The predicted molar refractivity (Wildman–Crippen MR) is 88.9 cm³/mol. The van der Waals surface area contributed by atoms with Gasteiger partial charge in [-0.25, -0.2) is 0 Å². The quantitative estimate of drug-likeness (QED) is 0.668. The molecule has 0 aliphatic rings. The van der Waals surface area contributed by atoms with Gasteiger partial charge in [0.15, 0.2) is 5.82 Å². The maximum atomic E-state index is 5.80. The van der Waals surface area contributed by atoms with Crippen LogP contribution in [0.2, 0.25) is 0 Å². The summed E-state index contributed by atoms with van der Waals surface area (Å²) in [5, 5.41) is 11.5. The topological polar surface area (TPSA) is 63.8 Å². The smallest absolute Gasteiger partial charge is 0.163 e. The minimum atomic E-state index is 0.323. The molecule has 1 heterocycles. The molecule has 3 N–H and O–H groups in total. The number of aryl methyl sites for hydroxylation is 1. The Morgan fingerprint density at radius 3 is 2.40 bits per heavy atom. The summed E-state index contributed by atoms with van der Waals surface area (Å²) in [6.07, 6.45) is 2.04. The van der Waals surface area contributed by atoms with Crippen LogP contribution in [0.5, 0.6) is 0 Å². The zero-order valence-corrected chi connectivity index (χ0v) is 13.2. The average Bonchev–Trinajstić information content (AvgIpc) is 2.43. The van der Waals surface area contributed by atoms with Gasteiger partial charge >= 0.3 is 0 Å². The Hall–Kier alpha value is -1.66. The van der Waals surface area contributed by atoms with Gasteiger partial charge in [-0.3, -0.25) is 0 Å². The van der Waals surface area contributed by atoms with Crippen molar-refractivity contribution in [1.29, 1.82) is 0 Å². The van der Waals surface area contributed by atoms with E-state index in [0.29, 0.717) is 10.8 Å². The van der Waals surface area contributed by atoms with Crippen LogP contribution in [0.1, 0.15) is 16.8 Å². The Morgan fingerprint density at radius 1 is 1.20 bits per heavy atom. The Balaban J connectivity index is 2.37. The SMILES string of the molecule is CSc1ccc(Nc2nnc(C)c(C)c2C(N)=S)cc1. The van der Waals surface area contributed by atoms with Crippen molar-refractivity contribution < 1.29 is 0 Å². The molecule has 0 aliphatic heterocycles. The van der Waals surface area contributed by atoms with Crippen LogP contribution in [0.4, 0.5) is 11.5 Å². The van der Waals surface area contributed by atoms with Gasteiger partial charge in [-0.1, -0.05) is 12.2 Å². The molecule has 20 heavy (non-hydrogen) atoms. The minimum Gasteiger partial charge on any atom is -0.389 e. The molecule has 0 aliphatic carbocycles. The zero-order valence-electron chi connectivity index (χ0n) is 11.6. The number of aromatic nitrogens is 2. The first-order valence-electron chi connectivity index (χ1n) is 6.07. The summed E-state index contributed by atoms with van der Waals surface area (Å²) >= 11 is 6.82. The summed E-state index contributed by atoms with van der Waals surface area (Å²) < 4.78 is 0. The number of nitrogens with two attached hydrogens (primary N) is 1. The number of hydrogen-bond donors (Lipinski definition) is 2. The number of nitrogens with zero attached hydrogens (tertiary/aromatic N) is 2. The van der Waals surface area contributed by atoms with E-state index in [0.717, 1.165) is 22.5 Å². The van der Waals surface area contributed by atoms with Crippen molar-refractivity contribution in [2.24, 2.45) is 5.73 Å². The third-order valence-corrected chi connectivity index (χ3v) is 4.00.